The number of ether oxygens (including phenoxy) is 1. The highest BCUT2D eigenvalue weighted by Crippen LogP contribution is 2.15. The molecule has 0 bridgehead atoms. The molecular formula is C17H27Cl2N3O3. The number of aliphatic hydroxyl groups is 1. The second-order valence-electron chi connectivity index (χ2n) is 6.12. The molecule has 2 aliphatic rings. The van der Waals surface area contributed by atoms with Gasteiger partial charge >= 0.3 is 0 Å². The maximum Gasteiger partial charge on any atom is 0.253 e. The van der Waals surface area contributed by atoms with E-state index in [9.17, 15) is 9.90 Å². The number of benzene rings is 1. The first kappa shape index (κ1) is 22.2. The standard InChI is InChI=1S/C17H25N3O3.2ClH/c21-15(14-4-2-1-3-5-14)13-19-7-9-20(10-8-19)17(22)16-12-18-6-11-23-16;;/h1-5,15-16,18,21H,6-13H2;2*1H. The van der Waals surface area contributed by atoms with Crippen molar-refractivity contribution >= 4 is 30.7 Å². The Bertz CT molecular complexity index is 507. The van der Waals surface area contributed by atoms with Crippen LogP contribution < -0.4 is 5.32 Å². The molecule has 0 spiro atoms. The number of carbonyl (C=O) groups is 1. The molecule has 1 amide bonds. The molecule has 2 aliphatic heterocycles. The van der Waals surface area contributed by atoms with Crippen LogP contribution >= 0.6 is 24.8 Å². The molecule has 1 aromatic rings. The summed E-state index contributed by atoms with van der Waals surface area (Å²) in [6, 6.07) is 9.71. The van der Waals surface area contributed by atoms with Crippen molar-refractivity contribution in [2.75, 3.05) is 52.4 Å². The van der Waals surface area contributed by atoms with Gasteiger partial charge in [-0.3, -0.25) is 9.69 Å². The highest BCUT2D eigenvalue weighted by molar-refractivity contribution is 5.85. The number of halogens is 2. The monoisotopic (exact) mass is 391 g/mol. The molecule has 1 aromatic carbocycles. The van der Waals surface area contributed by atoms with Gasteiger partial charge in [0.25, 0.3) is 5.91 Å². The average molecular weight is 392 g/mol. The van der Waals surface area contributed by atoms with Crippen LogP contribution in [0.2, 0.25) is 0 Å². The summed E-state index contributed by atoms with van der Waals surface area (Å²) in [6.45, 7) is 5.58. The second kappa shape index (κ2) is 11.0. The molecule has 0 aliphatic carbocycles. The number of nitrogens with zero attached hydrogens (tertiary/aromatic N) is 2. The zero-order valence-electron chi connectivity index (χ0n) is 14.2. The van der Waals surface area contributed by atoms with Crippen molar-refractivity contribution in [3.63, 3.8) is 0 Å². The smallest absolute Gasteiger partial charge is 0.253 e. The minimum atomic E-state index is -0.482. The van der Waals surface area contributed by atoms with E-state index in [1.807, 2.05) is 35.2 Å². The number of morpholine rings is 1. The molecule has 3 rings (SSSR count). The molecule has 0 aromatic heterocycles. The zero-order valence-corrected chi connectivity index (χ0v) is 15.8. The molecule has 2 N–H and O–H groups in total. The number of hydrogen-bond donors (Lipinski definition) is 2. The normalized spacial score (nSPS) is 22.4. The number of β-amino-alcohol motifs (C(OH)–C–C–N with tert-alkyl or cyclic N) is 1. The van der Waals surface area contributed by atoms with Gasteiger partial charge in [-0.05, 0) is 5.56 Å². The molecule has 142 valence electrons. The molecule has 25 heavy (non-hydrogen) atoms. The highest BCUT2D eigenvalue weighted by Gasteiger charge is 2.29. The van der Waals surface area contributed by atoms with Crippen LogP contribution in [0.1, 0.15) is 11.7 Å². The summed E-state index contributed by atoms with van der Waals surface area (Å²) in [7, 11) is 0. The Morgan fingerprint density at radius 2 is 1.88 bits per heavy atom. The van der Waals surface area contributed by atoms with E-state index < -0.39 is 6.10 Å². The van der Waals surface area contributed by atoms with Crippen LogP contribution in [0.25, 0.3) is 0 Å². The van der Waals surface area contributed by atoms with Gasteiger partial charge in [-0.15, -0.1) is 24.8 Å². The molecule has 2 heterocycles. The van der Waals surface area contributed by atoms with Crippen molar-refractivity contribution in [1.82, 2.24) is 15.1 Å². The molecule has 0 saturated carbocycles. The third-order valence-electron chi connectivity index (χ3n) is 4.50. The van der Waals surface area contributed by atoms with Gasteiger partial charge in [-0.2, -0.15) is 0 Å². The Balaban J connectivity index is 0.00000156. The molecule has 2 unspecified atom stereocenters. The molecule has 2 fully saturated rings. The lowest BCUT2D eigenvalue weighted by Crippen LogP contribution is -2.55. The number of nitrogens with one attached hydrogen (secondary N) is 1. The second-order valence-corrected chi connectivity index (χ2v) is 6.12. The summed E-state index contributed by atoms with van der Waals surface area (Å²) in [6.07, 6.45) is -0.825. The van der Waals surface area contributed by atoms with Crippen molar-refractivity contribution in [1.29, 1.82) is 0 Å². The quantitative estimate of drug-likeness (QED) is 0.790. The van der Waals surface area contributed by atoms with Gasteiger partial charge in [-0.1, -0.05) is 30.3 Å². The molecule has 2 atom stereocenters. The van der Waals surface area contributed by atoms with Gasteiger partial charge < -0.3 is 20.1 Å². The SMILES string of the molecule is Cl.Cl.O=C(C1CNCCO1)N1CCN(CC(O)c2ccccc2)CC1. The Kier molecular flexibility index (Phi) is 9.71. The molecule has 6 nitrogen and oxygen atoms in total. The van der Waals surface area contributed by atoms with Crippen molar-refractivity contribution in [2.45, 2.75) is 12.2 Å². The van der Waals surface area contributed by atoms with Crippen LogP contribution in [0.4, 0.5) is 0 Å². The van der Waals surface area contributed by atoms with E-state index in [2.05, 4.69) is 10.2 Å². The van der Waals surface area contributed by atoms with E-state index in [1.165, 1.54) is 0 Å². The van der Waals surface area contributed by atoms with Gasteiger partial charge in [0.15, 0.2) is 0 Å². The van der Waals surface area contributed by atoms with Crippen molar-refractivity contribution in [2.24, 2.45) is 0 Å². The van der Waals surface area contributed by atoms with Crippen LogP contribution in [0.5, 0.6) is 0 Å². The zero-order chi connectivity index (χ0) is 16.1. The van der Waals surface area contributed by atoms with E-state index in [-0.39, 0.29) is 36.8 Å². The van der Waals surface area contributed by atoms with Crippen LogP contribution in [-0.4, -0.2) is 79.3 Å². The summed E-state index contributed by atoms with van der Waals surface area (Å²) in [4.78, 5) is 16.5. The molecule has 8 heteroatoms. The third-order valence-corrected chi connectivity index (χ3v) is 4.50. The lowest BCUT2D eigenvalue weighted by Gasteiger charge is -2.37. The van der Waals surface area contributed by atoms with Crippen molar-refractivity contribution in [3.8, 4) is 0 Å². The average Bonchev–Trinajstić information content (AvgIpc) is 2.63. The fourth-order valence-electron chi connectivity index (χ4n) is 3.10. The van der Waals surface area contributed by atoms with Crippen molar-refractivity contribution in [3.05, 3.63) is 35.9 Å². The van der Waals surface area contributed by atoms with Gasteiger partial charge in [0, 0.05) is 45.8 Å². The lowest BCUT2D eigenvalue weighted by atomic mass is 10.1. The maximum atomic E-state index is 12.4. The summed E-state index contributed by atoms with van der Waals surface area (Å²) in [5.41, 5.74) is 0.938. The summed E-state index contributed by atoms with van der Waals surface area (Å²) < 4.78 is 5.53. The van der Waals surface area contributed by atoms with E-state index in [0.29, 0.717) is 32.8 Å². The Labute approximate surface area is 161 Å². The van der Waals surface area contributed by atoms with Crippen LogP contribution in [0, 0.1) is 0 Å². The first-order valence-electron chi connectivity index (χ1n) is 8.30. The number of carbonyl (C=O) groups excluding carboxylic acids is 1. The van der Waals surface area contributed by atoms with Gasteiger partial charge in [0.1, 0.15) is 6.10 Å². The number of rotatable bonds is 4. The number of piperazine rings is 1. The van der Waals surface area contributed by atoms with E-state index in [0.717, 1.165) is 25.2 Å². The maximum absolute atomic E-state index is 12.4. The topological polar surface area (TPSA) is 65.0 Å². The van der Waals surface area contributed by atoms with Crippen molar-refractivity contribution < 1.29 is 14.6 Å². The van der Waals surface area contributed by atoms with Gasteiger partial charge in [0.2, 0.25) is 0 Å². The van der Waals surface area contributed by atoms with Crippen LogP contribution in [0.15, 0.2) is 30.3 Å². The molecule has 2 saturated heterocycles. The number of hydrogen-bond acceptors (Lipinski definition) is 5. The van der Waals surface area contributed by atoms with Crippen LogP contribution in [-0.2, 0) is 9.53 Å². The predicted molar refractivity (Wildman–Crippen MR) is 102 cm³/mol. The molecular weight excluding hydrogens is 365 g/mol. The Morgan fingerprint density at radius 1 is 1.20 bits per heavy atom. The fraction of sp³-hybridized carbons (Fsp3) is 0.588. The highest BCUT2D eigenvalue weighted by atomic mass is 35.5. The summed E-state index contributed by atoms with van der Waals surface area (Å²) in [5.74, 6) is 0.0838. The Hall–Kier alpha value is -0.890. The number of aliphatic hydroxyl groups excluding tert-OH is 1. The van der Waals surface area contributed by atoms with E-state index in [1.54, 1.807) is 0 Å². The minimum absolute atomic E-state index is 0. The third kappa shape index (κ3) is 6.09. The minimum Gasteiger partial charge on any atom is -0.387 e. The first-order valence-corrected chi connectivity index (χ1v) is 8.30. The fourth-order valence-corrected chi connectivity index (χ4v) is 3.10. The van der Waals surface area contributed by atoms with Gasteiger partial charge in [-0.25, -0.2) is 0 Å². The largest absolute Gasteiger partial charge is 0.387 e. The number of amides is 1. The van der Waals surface area contributed by atoms with E-state index >= 15 is 0 Å². The van der Waals surface area contributed by atoms with E-state index in [4.69, 9.17) is 4.74 Å². The summed E-state index contributed by atoms with van der Waals surface area (Å²) in [5, 5.41) is 13.5. The summed E-state index contributed by atoms with van der Waals surface area (Å²) >= 11 is 0. The Morgan fingerprint density at radius 3 is 2.48 bits per heavy atom. The molecule has 0 radical (unpaired) electrons. The lowest BCUT2D eigenvalue weighted by molar-refractivity contribution is -0.147. The van der Waals surface area contributed by atoms with Gasteiger partial charge in [0.05, 0.1) is 12.7 Å². The van der Waals surface area contributed by atoms with Crippen LogP contribution in [0.3, 0.4) is 0 Å². The predicted octanol–water partition coefficient (Wildman–Crippen LogP) is 0.696. The first-order chi connectivity index (χ1) is 11.2.